The molecule has 0 aromatic carbocycles. The Bertz CT molecular complexity index is 222. The summed E-state index contributed by atoms with van der Waals surface area (Å²) in [6.45, 7) is 0.765. The van der Waals surface area contributed by atoms with Crippen LogP contribution in [0.15, 0.2) is 0 Å². The third kappa shape index (κ3) is 4.04. The van der Waals surface area contributed by atoms with Crippen molar-refractivity contribution in [3.05, 3.63) is 0 Å². The summed E-state index contributed by atoms with van der Waals surface area (Å²) in [6, 6.07) is 0.630. The molecular weight excluding hydrogens is 176 g/mol. The first-order chi connectivity index (χ1) is 5.58. The van der Waals surface area contributed by atoms with Crippen LogP contribution in [0.1, 0.15) is 25.7 Å². The molecule has 72 valence electrons. The van der Waals surface area contributed by atoms with E-state index in [1.807, 2.05) is 0 Å². The molecule has 1 rings (SSSR count). The molecule has 1 saturated carbocycles. The Kier molecular flexibility index (Phi) is 3.49. The van der Waals surface area contributed by atoms with E-state index in [4.69, 9.17) is 5.14 Å². The number of hydrogen-bond acceptors (Lipinski definition) is 3. The Morgan fingerprint density at radius 2 is 2.08 bits per heavy atom. The second-order valence-electron chi connectivity index (χ2n) is 3.30. The molecule has 0 amide bonds. The molecule has 1 aliphatic rings. The third-order valence-electron chi connectivity index (χ3n) is 2.14. The summed E-state index contributed by atoms with van der Waals surface area (Å²) in [7, 11) is -3.25. The largest absolute Gasteiger partial charge is 0.314 e. The van der Waals surface area contributed by atoms with Crippen molar-refractivity contribution >= 4 is 10.0 Å². The van der Waals surface area contributed by atoms with E-state index in [2.05, 4.69) is 5.32 Å². The molecule has 3 N–H and O–H groups in total. The van der Waals surface area contributed by atoms with Crippen LogP contribution in [0.5, 0.6) is 0 Å². The average molecular weight is 192 g/mol. The molecule has 12 heavy (non-hydrogen) atoms. The average Bonchev–Trinajstić information content (AvgIpc) is 1.80. The van der Waals surface area contributed by atoms with Crippen molar-refractivity contribution in [2.45, 2.75) is 31.7 Å². The van der Waals surface area contributed by atoms with Gasteiger partial charge >= 0.3 is 0 Å². The molecule has 0 radical (unpaired) electrons. The molecule has 0 aromatic rings. The quantitative estimate of drug-likeness (QED) is 0.593. The first kappa shape index (κ1) is 9.95. The van der Waals surface area contributed by atoms with Gasteiger partial charge in [0.05, 0.1) is 5.75 Å². The SMILES string of the molecule is NS(=O)(=O)CCCNC1CCC1. The Labute approximate surface area is 73.6 Å². The van der Waals surface area contributed by atoms with Crippen LogP contribution in [0.25, 0.3) is 0 Å². The zero-order chi connectivity index (χ0) is 9.03. The van der Waals surface area contributed by atoms with Crippen LogP contribution in [0.4, 0.5) is 0 Å². The summed E-state index contributed by atoms with van der Waals surface area (Å²) in [5, 5.41) is 8.11. The fourth-order valence-electron chi connectivity index (χ4n) is 1.19. The lowest BCUT2D eigenvalue weighted by molar-refractivity contribution is 0.341. The lowest BCUT2D eigenvalue weighted by Crippen LogP contribution is -2.36. The molecule has 1 aliphatic carbocycles. The smallest absolute Gasteiger partial charge is 0.209 e. The van der Waals surface area contributed by atoms with Gasteiger partial charge in [0.2, 0.25) is 10.0 Å². The second kappa shape index (κ2) is 4.20. The third-order valence-corrected chi connectivity index (χ3v) is 3.00. The van der Waals surface area contributed by atoms with Crippen LogP contribution in [-0.2, 0) is 10.0 Å². The van der Waals surface area contributed by atoms with Gasteiger partial charge in [0.1, 0.15) is 0 Å². The van der Waals surface area contributed by atoms with Crippen molar-refractivity contribution in [3.8, 4) is 0 Å². The highest BCUT2D eigenvalue weighted by atomic mass is 32.2. The molecule has 0 heterocycles. The highest BCUT2D eigenvalue weighted by Crippen LogP contribution is 2.17. The number of nitrogens with two attached hydrogens (primary N) is 1. The van der Waals surface area contributed by atoms with Gasteiger partial charge in [-0.05, 0) is 25.8 Å². The normalized spacial score (nSPS) is 19.1. The van der Waals surface area contributed by atoms with Crippen LogP contribution < -0.4 is 10.5 Å². The molecule has 0 atom stereocenters. The van der Waals surface area contributed by atoms with Gasteiger partial charge in [-0.1, -0.05) is 6.42 Å². The molecule has 0 aliphatic heterocycles. The molecule has 1 fully saturated rings. The predicted octanol–water partition coefficient (Wildman–Crippen LogP) is -0.193. The van der Waals surface area contributed by atoms with Gasteiger partial charge in [0.15, 0.2) is 0 Å². The van der Waals surface area contributed by atoms with Crippen LogP contribution in [0.3, 0.4) is 0 Å². The number of sulfonamides is 1. The minimum absolute atomic E-state index is 0.0900. The van der Waals surface area contributed by atoms with Gasteiger partial charge < -0.3 is 5.32 Å². The lowest BCUT2D eigenvalue weighted by Gasteiger charge is -2.26. The Morgan fingerprint density at radius 1 is 1.42 bits per heavy atom. The monoisotopic (exact) mass is 192 g/mol. The van der Waals surface area contributed by atoms with Gasteiger partial charge in [0.25, 0.3) is 0 Å². The van der Waals surface area contributed by atoms with Crippen molar-refractivity contribution in [1.29, 1.82) is 0 Å². The maximum absolute atomic E-state index is 10.5. The molecule has 0 unspecified atom stereocenters. The predicted molar refractivity (Wildman–Crippen MR) is 48.2 cm³/mol. The summed E-state index contributed by atoms with van der Waals surface area (Å²) >= 11 is 0. The summed E-state index contributed by atoms with van der Waals surface area (Å²) in [5.74, 6) is 0.0900. The maximum atomic E-state index is 10.5. The fourth-order valence-corrected chi connectivity index (χ4v) is 1.74. The minimum atomic E-state index is -3.25. The number of hydrogen-bond donors (Lipinski definition) is 2. The Balaban J connectivity index is 1.95. The highest BCUT2D eigenvalue weighted by Gasteiger charge is 2.15. The van der Waals surface area contributed by atoms with Crippen molar-refractivity contribution in [2.24, 2.45) is 5.14 Å². The number of rotatable bonds is 5. The standard InChI is InChI=1S/C7H16N2O2S/c8-12(10,11)6-2-5-9-7-3-1-4-7/h7,9H,1-6H2,(H2,8,10,11). The lowest BCUT2D eigenvalue weighted by atomic mass is 9.93. The van der Waals surface area contributed by atoms with Crippen LogP contribution in [0, 0.1) is 0 Å². The zero-order valence-corrected chi connectivity index (χ0v) is 7.94. The van der Waals surface area contributed by atoms with Crippen LogP contribution in [-0.4, -0.2) is 26.8 Å². The van der Waals surface area contributed by atoms with E-state index in [9.17, 15) is 8.42 Å². The molecule has 5 heteroatoms. The number of nitrogens with one attached hydrogen (secondary N) is 1. The Hall–Kier alpha value is -0.130. The summed E-state index contributed by atoms with van der Waals surface area (Å²) in [5.41, 5.74) is 0. The van der Waals surface area contributed by atoms with E-state index in [0.717, 1.165) is 6.54 Å². The van der Waals surface area contributed by atoms with E-state index < -0.39 is 10.0 Å². The van der Waals surface area contributed by atoms with Gasteiger partial charge in [-0.15, -0.1) is 0 Å². The summed E-state index contributed by atoms with van der Waals surface area (Å²) < 4.78 is 21.0. The summed E-state index contributed by atoms with van der Waals surface area (Å²) in [6.07, 6.45) is 4.38. The zero-order valence-electron chi connectivity index (χ0n) is 7.12. The molecule has 0 bridgehead atoms. The Morgan fingerprint density at radius 3 is 2.50 bits per heavy atom. The molecule has 4 nitrogen and oxygen atoms in total. The first-order valence-electron chi connectivity index (χ1n) is 4.32. The van der Waals surface area contributed by atoms with Crippen molar-refractivity contribution in [2.75, 3.05) is 12.3 Å². The topological polar surface area (TPSA) is 72.2 Å². The van der Waals surface area contributed by atoms with Crippen LogP contribution >= 0.6 is 0 Å². The van der Waals surface area contributed by atoms with Crippen LogP contribution in [0.2, 0.25) is 0 Å². The maximum Gasteiger partial charge on any atom is 0.209 e. The first-order valence-corrected chi connectivity index (χ1v) is 6.03. The van der Waals surface area contributed by atoms with E-state index in [0.29, 0.717) is 12.5 Å². The van der Waals surface area contributed by atoms with Gasteiger partial charge in [0, 0.05) is 6.04 Å². The molecule has 0 spiro atoms. The summed E-state index contributed by atoms with van der Waals surface area (Å²) in [4.78, 5) is 0. The second-order valence-corrected chi connectivity index (χ2v) is 5.04. The molecule has 0 saturated heterocycles. The van der Waals surface area contributed by atoms with Crippen molar-refractivity contribution in [1.82, 2.24) is 5.32 Å². The molecular formula is C7H16N2O2S. The highest BCUT2D eigenvalue weighted by molar-refractivity contribution is 7.89. The van der Waals surface area contributed by atoms with E-state index >= 15 is 0 Å². The number of primary sulfonamides is 1. The fraction of sp³-hybridized carbons (Fsp3) is 1.00. The van der Waals surface area contributed by atoms with Gasteiger partial charge in [-0.25, -0.2) is 13.6 Å². The minimum Gasteiger partial charge on any atom is -0.314 e. The van der Waals surface area contributed by atoms with E-state index in [1.165, 1.54) is 19.3 Å². The van der Waals surface area contributed by atoms with Gasteiger partial charge in [-0.3, -0.25) is 0 Å². The van der Waals surface area contributed by atoms with E-state index in [1.54, 1.807) is 0 Å². The van der Waals surface area contributed by atoms with Crippen molar-refractivity contribution in [3.63, 3.8) is 0 Å². The van der Waals surface area contributed by atoms with Gasteiger partial charge in [-0.2, -0.15) is 0 Å². The van der Waals surface area contributed by atoms with Crippen molar-refractivity contribution < 1.29 is 8.42 Å². The molecule has 0 aromatic heterocycles. The van der Waals surface area contributed by atoms with E-state index in [-0.39, 0.29) is 5.75 Å².